The standard InChI is InChI=1S/C21H29N5O3S/c1-14-7-6-12-26(13-14)19-15(10-11-16(23-19)21(2,3)4)20(27)25-30(28,29)18-9-5-8-17(22)24-18/h5,8-11,14H,6-7,12-13H2,1-4H3,(H2,22,24)(H,25,27). The Kier molecular flexibility index (Phi) is 6.03. The Bertz CT molecular complexity index is 1050. The van der Waals surface area contributed by atoms with E-state index in [1.54, 1.807) is 12.1 Å². The van der Waals surface area contributed by atoms with Crippen molar-refractivity contribution in [3.8, 4) is 0 Å². The minimum Gasteiger partial charge on any atom is -0.384 e. The van der Waals surface area contributed by atoms with Crippen molar-refractivity contribution in [3.63, 3.8) is 0 Å². The third-order valence-corrected chi connectivity index (χ3v) is 6.32. The zero-order valence-electron chi connectivity index (χ0n) is 17.8. The molecule has 3 N–H and O–H groups in total. The van der Waals surface area contributed by atoms with E-state index in [2.05, 4.69) is 21.5 Å². The maximum atomic E-state index is 13.0. The molecule has 1 aliphatic rings. The smallest absolute Gasteiger partial charge is 0.281 e. The third kappa shape index (κ3) is 4.89. The summed E-state index contributed by atoms with van der Waals surface area (Å²) < 4.78 is 27.4. The number of amides is 1. The molecule has 2 aromatic rings. The van der Waals surface area contributed by atoms with Gasteiger partial charge in [0.25, 0.3) is 15.9 Å². The molecule has 162 valence electrons. The van der Waals surface area contributed by atoms with Crippen LogP contribution in [0.2, 0.25) is 0 Å². The molecule has 0 bridgehead atoms. The summed E-state index contributed by atoms with van der Waals surface area (Å²) >= 11 is 0. The molecular weight excluding hydrogens is 402 g/mol. The summed E-state index contributed by atoms with van der Waals surface area (Å²) in [5.74, 6) is 0.308. The van der Waals surface area contributed by atoms with Crippen molar-refractivity contribution in [2.24, 2.45) is 5.92 Å². The Labute approximate surface area is 178 Å². The Morgan fingerprint density at radius 2 is 1.93 bits per heavy atom. The van der Waals surface area contributed by atoms with E-state index >= 15 is 0 Å². The molecule has 0 radical (unpaired) electrons. The zero-order valence-corrected chi connectivity index (χ0v) is 18.7. The maximum absolute atomic E-state index is 13.0. The molecule has 8 nitrogen and oxygen atoms in total. The lowest BCUT2D eigenvalue weighted by Crippen LogP contribution is -2.38. The van der Waals surface area contributed by atoms with Gasteiger partial charge in [0.1, 0.15) is 11.6 Å². The number of aromatic nitrogens is 2. The fourth-order valence-electron chi connectivity index (χ4n) is 3.48. The molecule has 9 heteroatoms. The summed E-state index contributed by atoms with van der Waals surface area (Å²) in [6.07, 6.45) is 2.11. The molecular formula is C21H29N5O3S. The molecule has 3 rings (SSSR count). The van der Waals surface area contributed by atoms with E-state index in [0.29, 0.717) is 11.7 Å². The van der Waals surface area contributed by atoms with Crippen LogP contribution in [0.1, 0.15) is 56.6 Å². The van der Waals surface area contributed by atoms with Crippen LogP contribution in [0.3, 0.4) is 0 Å². The van der Waals surface area contributed by atoms with E-state index in [0.717, 1.165) is 31.6 Å². The predicted octanol–water partition coefficient (Wildman–Crippen LogP) is 2.71. The van der Waals surface area contributed by atoms with Crippen LogP contribution in [0.5, 0.6) is 0 Å². The Morgan fingerprint density at radius 1 is 1.20 bits per heavy atom. The van der Waals surface area contributed by atoms with Gasteiger partial charge in [-0.2, -0.15) is 8.42 Å². The highest BCUT2D eigenvalue weighted by Crippen LogP contribution is 2.29. The van der Waals surface area contributed by atoms with Gasteiger partial charge in [-0.3, -0.25) is 4.79 Å². The number of pyridine rings is 2. The van der Waals surface area contributed by atoms with E-state index in [-0.39, 0.29) is 21.8 Å². The van der Waals surface area contributed by atoms with Crippen LogP contribution < -0.4 is 15.4 Å². The summed E-state index contributed by atoms with van der Waals surface area (Å²) in [5, 5.41) is -0.303. The first-order valence-electron chi connectivity index (χ1n) is 10.0. The van der Waals surface area contributed by atoms with Crippen LogP contribution in [0.15, 0.2) is 35.4 Å². The quantitative estimate of drug-likeness (QED) is 0.764. The third-order valence-electron chi connectivity index (χ3n) is 5.09. The van der Waals surface area contributed by atoms with Crippen molar-refractivity contribution in [1.82, 2.24) is 14.7 Å². The number of carbonyl (C=O) groups excluding carboxylic acids is 1. The number of carbonyl (C=O) groups is 1. The van der Waals surface area contributed by atoms with Crippen LogP contribution >= 0.6 is 0 Å². The van der Waals surface area contributed by atoms with Gasteiger partial charge >= 0.3 is 0 Å². The van der Waals surface area contributed by atoms with E-state index in [1.807, 2.05) is 20.8 Å². The molecule has 1 saturated heterocycles. The fourth-order valence-corrected chi connectivity index (χ4v) is 4.42. The molecule has 1 atom stereocenters. The Morgan fingerprint density at radius 3 is 2.57 bits per heavy atom. The van der Waals surface area contributed by atoms with Crippen molar-refractivity contribution in [2.75, 3.05) is 23.7 Å². The monoisotopic (exact) mass is 431 g/mol. The number of hydrogen-bond donors (Lipinski definition) is 2. The molecule has 1 fully saturated rings. The number of piperidine rings is 1. The van der Waals surface area contributed by atoms with Gasteiger partial charge in [0.05, 0.1) is 5.56 Å². The second kappa shape index (κ2) is 8.22. The average Bonchev–Trinajstić information content (AvgIpc) is 2.66. The lowest BCUT2D eigenvalue weighted by atomic mass is 9.91. The molecule has 0 saturated carbocycles. The number of nitrogens with one attached hydrogen (secondary N) is 1. The van der Waals surface area contributed by atoms with Gasteiger partial charge in [-0.05, 0) is 43.0 Å². The van der Waals surface area contributed by atoms with E-state index in [9.17, 15) is 13.2 Å². The first-order valence-corrected chi connectivity index (χ1v) is 11.5. The summed E-state index contributed by atoms with van der Waals surface area (Å²) in [6, 6.07) is 7.67. The van der Waals surface area contributed by atoms with Crippen LogP contribution in [-0.4, -0.2) is 37.4 Å². The van der Waals surface area contributed by atoms with Crippen LogP contribution in [0, 0.1) is 5.92 Å². The van der Waals surface area contributed by atoms with E-state index < -0.39 is 15.9 Å². The zero-order chi connectivity index (χ0) is 22.1. The van der Waals surface area contributed by atoms with E-state index in [1.165, 1.54) is 18.2 Å². The molecule has 1 amide bonds. The molecule has 3 heterocycles. The molecule has 30 heavy (non-hydrogen) atoms. The minimum atomic E-state index is -4.16. The molecule has 0 spiro atoms. The number of nitrogens with zero attached hydrogens (tertiary/aromatic N) is 3. The van der Waals surface area contributed by atoms with Gasteiger partial charge < -0.3 is 10.6 Å². The number of nitrogen functional groups attached to an aromatic ring is 1. The van der Waals surface area contributed by atoms with Crippen molar-refractivity contribution in [2.45, 2.75) is 51.0 Å². The van der Waals surface area contributed by atoms with Gasteiger partial charge in [-0.1, -0.05) is 33.8 Å². The lowest BCUT2D eigenvalue weighted by molar-refractivity contribution is 0.0981. The van der Waals surface area contributed by atoms with Crippen LogP contribution in [0.4, 0.5) is 11.6 Å². The van der Waals surface area contributed by atoms with Gasteiger partial charge in [0.2, 0.25) is 0 Å². The van der Waals surface area contributed by atoms with Crippen molar-refractivity contribution < 1.29 is 13.2 Å². The summed E-state index contributed by atoms with van der Waals surface area (Å²) in [6.45, 7) is 9.85. The molecule has 2 aromatic heterocycles. The molecule has 1 aliphatic heterocycles. The largest absolute Gasteiger partial charge is 0.384 e. The van der Waals surface area contributed by atoms with Gasteiger partial charge in [-0.25, -0.2) is 14.7 Å². The van der Waals surface area contributed by atoms with Gasteiger partial charge in [0, 0.05) is 24.2 Å². The first kappa shape index (κ1) is 22.0. The minimum absolute atomic E-state index is 0.0597. The lowest BCUT2D eigenvalue weighted by Gasteiger charge is -2.34. The SMILES string of the molecule is CC1CCCN(c2nc(C(C)(C)C)ccc2C(=O)NS(=O)(=O)c2cccc(N)n2)C1. The predicted molar refractivity (Wildman–Crippen MR) is 117 cm³/mol. The van der Waals surface area contributed by atoms with Gasteiger partial charge in [0.15, 0.2) is 5.03 Å². The number of sulfonamides is 1. The highest BCUT2D eigenvalue weighted by molar-refractivity contribution is 7.90. The topological polar surface area (TPSA) is 118 Å². The second-order valence-corrected chi connectivity index (χ2v) is 10.5. The highest BCUT2D eigenvalue weighted by atomic mass is 32.2. The summed E-state index contributed by atoms with van der Waals surface area (Å²) in [7, 11) is -4.16. The van der Waals surface area contributed by atoms with Crippen LogP contribution in [-0.2, 0) is 15.4 Å². The van der Waals surface area contributed by atoms with Crippen molar-refractivity contribution >= 4 is 27.6 Å². The summed E-state index contributed by atoms with van der Waals surface area (Å²) in [4.78, 5) is 23.7. The normalized spacial score (nSPS) is 17.6. The Hall–Kier alpha value is -2.68. The second-order valence-electron chi connectivity index (χ2n) is 8.85. The summed E-state index contributed by atoms with van der Waals surface area (Å²) in [5.41, 5.74) is 6.45. The molecule has 0 aliphatic carbocycles. The first-order chi connectivity index (χ1) is 14.0. The molecule has 1 unspecified atom stereocenters. The van der Waals surface area contributed by atoms with Crippen molar-refractivity contribution in [1.29, 1.82) is 0 Å². The fraction of sp³-hybridized carbons (Fsp3) is 0.476. The van der Waals surface area contributed by atoms with Gasteiger partial charge in [-0.15, -0.1) is 0 Å². The number of hydrogen-bond acceptors (Lipinski definition) is 7. The highest BCUT2D eigenvalue weighted by Gasteiger charge is 2.28. The number of nitrogens with two attached hydrogens (primary N) is 1. The van der Waals surface area contributed by atoms with Crippen LogP contribution in [0.25, 0.3) is 0 Å². The maximum Gasteiger partial charge on any atom is 0.281 e. The molecule has 0 aromatic carbocycles. The average molecular weight is 432 g/mol. The number of rotatable bonds is 4. The van der Waals surface area contributed by atoms with E-state index in [4.69, 9.17) is 10.7 Å². The number of anilines is 2. The van der Waals surface area contributed by atoms with Crippen molar-refractivity contribution in [3.05, 3.63) is 41.6 Å². The Balaban J connectivity index is 1.98.